The van der Waals surface area contributed by atoms with E-state index < -0.39 is 0 Å². The number of para-hydroxylation sites is 1. The molecule has 1 aromatic heterocycles. The molecule has 5 heteroatoms. The van der Waals surface area contributed by atoms with Gasteiger partial charge in [0.1, 0.15) is 0 Å². The van der Waals surface area contributed by atoms with Crippen LogP contribution in [0.4, 0.5) is 23.0 Å². The quantitative estimate of drug-likeness (QED) is 0.778. The second-order valence-corrected chi connectivity index (χ2v) is 6.58. The maximum absolute atomic E-state index is 4.41. The first-order valence-corrected chi connectivity index (χ1v) is 9.00. The van der Waals surface area contributed by atoms with E-state index in [1.165, 1.54) is 11.3 Å². The first kappa shape index (κ1) is 16.4. The molecule has 4 rings (SSSR count). The fraction of sp³-hybridized carbons (Fsp3) is 0.238. The highest BCUT2D eigenvalue weighted by molar-refractivity contribution is 5.57. The van der Waals surface area contributed by atoms with E-state index in [9.17, 15) is 0 Å². The Hall–Kier alpha value is -3.08. The van der Waals surface area contributed by atoms with Crippen molar-refractivity contribution in [3.8, 4) is 0 Å². The van der Waals surface area contributed by atoms with Crippen LogP contribution >= 0.6 is 0 Å². The van der Waals surface area contributed by atoms with Gasteiger partial charge in [0, 0.05) is 37.6 Å². The number of nitrogens with zero attached hydrogens (tertiary/aromatic N) is 4. The highest BCUT2D eigenvalue weighted by Crippen LogP contribution is 2.20. The van der Waals surface area contributed by atoms with Crippen LogP contribution in [0.1, 0.15) is 5.56 Å². The molecule has 1 saturated heterocycles. The average Bonchev–Trinajstić information content (AvgIpc) is 2.71. The van der Waals surface area contributed by atoms with Crippen LogP contribution < -0.4 is 15.1 Å². The van der Waals surface area contributed by atoms with E-state index >= 15 is 0 Å². The number of anilines is 4. The predicted octanol–water partition coefficient (Wildman–Crippen LogP) is 3.86. The zero-order valence-electron chi connectivity index (χ0n) is 15.0. The second kappa shape index (κ2) is 7.44. The van der Waals surface area contributed by atoms with Gasteiger partial charge in [-0.1, -0.05) is 35.9 Å². The third-order valence-corrected chi connectivity index (χ3v) is 4.70. The van der Waals surface area contributed by atoms with Crippen molar-refractivity contribution in [3.63, 3.8) is 0 Å². The van der Waals surface area contributed by atoms with E-state index in [2.05, 4.69) is 74.7 Å². The highest BCUT2D eigenvalue weighted by Gasteiger charge is 2.18. The molecule has 132 valence electrons. The smallest absolute Gasteiger partial charge is 0.153 e. The summed E-state index contributed by atoms with van der Waals surface area (Å²) in [4.78, 5) is 4.71. The molecule has 2 heterocycles. The van der Waals surface area contributed by atoms with Crippen molar-refractivity contribution in [2.45, 2.75) is 6.92 Å². The largest absolute Gasteiger partial charge is 0.368 e. The van der Waals surface area contributed by atoms with E-state index in [0.29, 0.717) is 0 Å². The molecule has 2 aromatic carbocycles. The lowest BCUT2D eigenvalue weighted by atomic mass is 10.2. The summed E-state index contributed by atoms with van der Waals surface area (Å²) in [7, 11) is 0. The van der Waals surface area contributed by atoms with E-state index in [4.69, 9.17) is 0 Å². The normalized spacial score (nSPS) is 14.3. The Morgan fingerprint density at radius 3 is 2.08 bits per heavy atom. The summed E-state index contributed by atoms with van der Waals surface area (Å²) in [5.41, 5.74) is 3.55. The van der Waals surface area contributed by atoms with Gasteiger partial charge in [-0.05, 0) is 43.3 Å². The van der Waals surface area contributed by atoms with Crippen molar-refractivity contribution in [1.29, 1.82) is 0 Å². The molecule has 0 unspecified atom stereocenters. The Bertz CT molecular complexity index is 823. The van der Waals surface area contributed by atoms with Gasteiger partial charge in [0.2, 0.25) is 0 Å². The molecule has 1 aliphatic heterocycles. The number of nitrogens with one attached hydrogen (secondary N) is 1. The number of hydrogen-bond donors (Lipinski definition) is 1. The van der Waals surface area contributed by atoms with Crippen LogP contribution in [0, 0.1) is 6.92 Å². The highest BCUT2D eigenvalue weighted by atomic mass is 15.3. The molecule has 0 aliphatic carbocycles. The Balaban J connectivity index is 1.36. The standard InChI is InChI=1S/C21H23N5/c1-17-7-9-18(10-8-17)22-20-11-12-21(24-23-20)26-15-13-25(14-16-26)19-5-3-2-4-6-19/h2-12H,13-16H2,1H3,(H,22,23). The summed E-state index contributed by atoms with van der Waals surface area (Å²) in [5.74, 6) is 1.70. The van der Waals surface area contributed by atoms with Gasteiger partial charge in [-0.2, -0.15) is 0 Å². The molecular formula is C21H23N5. The molecule has 5 nitrogen and oxygen atoms in total. The number of piperazine rings is 1. The number of aryl methyl sites for hydroxylation is 1. The van der Waals surface area contributed by atoms with Crippen LogP contribution in [-0.2, 0) is 0 Å². The van der Waals surface area contributed by atoms with Crippen molar-refractivity contribution in [2.75, 3.05) is 41.3 Å². The van der Waals surface area contributed by atoms with Gasteiger partial charge in [-0.25, -0.2) is 0 Å². The summed E-state index contributed by atoms with van der Waals surface area (Å²) < 4.78 is 0. The maximum Gasteiger partial charge on any atom is 0.153 e. The zero-order chi connectivity index (χ0) is 17.8. The fourth-order valence-corrected chi connectivity index (χ4v) is 3.18. The van der Waals surface area contributed by atoms with Crippen LogP contribution in [0.15, 0.2) is 66.7 Å². The molecule has 0 saturated carbocycles. The van der Waals surface area contributed by atoms with E-state index in [0.717, 1.165) is 43.5 Å². The summed E-state index contributed by atoms with van der Waals surface area (Å²) in [6.07, 6.45) is 0. The van der Waals surface area contributed by atoms with Gasteiger partial charge in [-0.15, -0.1) is 10.2 Å². The lowest BCUT2D eigenvalue weighted by Crippen LogP contribution is -2.46. The summed E-state index contributed by atoms with van der Waals surface area (Å²) >= 11 is 0. The van der Waals surface area contributed by atoms with Crippen LogP contribution in [-0.4, -0.2) is 36.4 Å². The Labute approximate surface area is 154 Å². The molecule has 26 heavy (non-hydrogen) atoms. The maximum atomic E-state index is 4.41. The molecule has 1 fully saturated rings. The van der Waals surface area contributed by atoms with Crippen molar-refractivity contribution >= 4 is 23.0 Å². The Kier molecular flexibility index (Phi) is 4.69. The number of aromatic nitrogens is 2. The second-order valence-electron chi connectivity index (χ2n) is 6.58. The third kappa shape index (κ3) is 3.77. The van der Waals surface area contributed by atoms with E-state index in [1.807, 2.05) is 24.3 Å². The summed E-state index contributed by atoms with van der Waals surface area (Å²) in [5, 5.41) is 12.0. The molecule has 0 bridgehead atoms. The minimum Gasteiger partial charge on any atom is -0.368 e. The fourth-order valence-electron chi connectivity index (χ4n) is 3.18. The lowest BCUT2D eigenvalue weighted by Gasteiger charge is -2.36. The molecule has 0 radical (unpaired) electrons. The Morgan fingerprint density at radius 1 is 0.731 bits per heavy atom. The van der Waals surface area contributed by atoms with Crippen molar-refractivity contribution in [3.05, 3.63) is 72.3 Å². The molecule has 1 aliphatic rings. The number of rotatable bonds is 4. The van der Waals surface area contributed by atoms with E-state index in [1.54, 1.807) is 0 Å². The van der Waals surface area contributed by atoms with Crippen molar-refractivity contribution < 1.29 is 0 Å². The number of hydrogen-bond acceptors (Lipinski definition) is 5. The molecule has 1 N–H and O–H groups in total. The minimum absolute atomic E-state index is 0.764. The Morgan fingerprint density at radius 2 is 1.42 bits per heavy atom. The lowest BCUT2D eigenvalue weighted by molar-refractivity contribution is 0.644. The SMILES string of the molecule is Cc1ccc(Nc2ccc(N3CCN(c4ccccc4)CC3)nn2)cc1. The zero-order valence-corrected chi connectivity index (χ0v) is 15.0. The van der Waals surface area contributed by atoms with Crippen LogP contribution in [0.5, 0.6) is 0 Å². The van der Waals surface area contributed by atoms with Crippen LogP contribution in [0.2, 0.25) is 0 Å². The van der Waals surface area contributed by atoms with Crippen molar-refractivity contribution in [1.82, 2.24) is 10.2 Å². The molecule has 0 atom stereocenters. The van der Waals surface area contributed by atoms with Crippen molar-refractivity contribution in [2.24, 2.45) is 0 Å². The molecule has 3 aromatic rings. The van der Waals surface area contributed by atoms with Gasteiger partial charge in [-0.3, -0.25) is 0 Å². The predicted molar refractivity (Wildman–Crippen MR) is 107 cm³/mol. The summed E-state index contributed by atoms with van der Waals surface area (Å²) in [6.45, 7) is 5.97. The van der Waals surface area contributed by atoms with Gasteiger partial charge >= 0.3 is 0 Å². The van der Waals surface area contributed by atoms with Crippen LogP contribution in [0.3, 0.4) is 0 Å². The molecular weight excluding hydrogens is 322 g/mol. The molecule has 0 spiro atoms. The summed E-state index contributed by atoms with van der Waals surface area (Å²) in [6, 6.07) is 22.9. The average molecular weight is 345 g/mol. The molecule has 0 amide bonds. The number of benzene rings is 2. The first-order valence-electron chi connectivity index (χ1n) is 9.00. The third-order valence-electron chi connectivity index (χ3n) is 4.70. The minimum atomic E-state index is 0.764. The monoisotopic (exact) mass is 345 g/mol. The first-order chi connectivity index (χ1) is 12.8. The van der Waals surface area contributed by atoms with Gasteiger partial charge in [0.25, 0.3) is 0 Å². The topological polar surface area (TPSA) is 44.3 Å². The van der Waals surface area contributed by atoms with Gasteiger partial charge in [0.15, 0.2) is 11.6 Å². The van der Waals surface area contributed by atoms with Gasteiger partial charge < -0.3 is 15.1 Å². The van der Waals surface area contributed by atoms with E-state index in [-0.39, 0.29) is 0 Å². The van der Waals surface area contributed by atoms with Gasteiger partial charge in [0.05, 0.1) is 0 Å². The van der Waals surface area contributed by atoms with Crippen LogP contribution in [0.25, 0.3) is 0 Å².